The van der Waals surface area contributed by atoms with Crippen molar-refractivity contribution in [2.75, 3.05) is 46.0 Å². The molecule has 4 rings (SSSR count). The molecule has 2 aliphatic rings. The molecule has 2 fully saturated rings. The number of carbonyl (C=O) groups is 2. The van der Waals surface area contributed by atoms with E-state index in [9.17, 15) is 14.7 Å². The van der Waals surface area contributed by atoms with Crippen LogP contribution in [0.4, 0.5) is 0 Å². The summed E-state index contributed by atoms with van der Waals surface area (Å²) < 4.78 is 11.2. The average Bonchev–Trinajstić information content (AvgIpc) is 3.13. The van der Waals surface area contributed by atoms with Crippen LogP contribution in [0.15, 0.2) is 48.3 Å². The number of morpholine rings is 1. The summed E-state index contributed by atoms with van der Waals surface area (Å²) in [5, 5.41) is 11.4. The van der Waals surface area contributed by atoms with Gasteiger partial charge in [0.05, 0.1) is 31.4 Å². The number of aromatic nitrogens is 1. The topological polar surface area (TPSA) is 92.2 Å². The molecule has 2 aliphatic heterocycles. The predicted molar refractivity (Wildman–Crippen MR) is 137 cm³/mol. The van der Waals surface area contributed by atoms with Gasteiger partial charge in [0.25, 0.3) is 11.7 Å². The van der Waals surface area contributed by atoms with Gasteiger partial charge >= 0.3 is 0 Å². The van der Waals surface area contributed by atoms with Crippen molar-refractivity contribution in [2.24, 2.45) is 5.92 Å². The van der Waals surface area contributed by atoms with Crippen molar-refractivity contribution in [3.05, 3.63) is 65.0 Å². The molecule has 1 N–H and O–H groups in total. The molecule has 2 aromatic rings. The van der Waals surface area contributed by atoms with Crippen LogP contribution in [-0.4, -0.2) is 77.6 Å². The first-order valence-electron chi connectivity index (χ1n) is 12.6. The van der Waals surface area contributed by atoms with Crippen LogP contribution in [0.1, 0.15) is 43.0 Å². The Balaban J connectivity index is 1.63. The number of benzene rings is 1. The zero-order valence-corrected chi connectivity index (χ0v) is 21.3. The molecule has 1 atom stereocenters. The van der Waals surface area contributed by atoms with Crippen LogP contribution >= 0.6 is 0 Å². The molecule has 192 valence electrons. The van der Waals surface area contributed by atoms with E-state index in [0.29, 0.717) is 55.6 Å². The highest BCUT2D eigenvalue weighted by atomic mass is 16.5. The number of hydrogen-bond donors (Lipinski definition) is 1. The molecule has 0 unspecified atom stereocenters. The van der Waals surface area contributed by atoms with Crippen molar-refractivity contribution < 1.29 is 24.2 Å². The second kappa shape index (κ2) is 11.7. The number of nitrogens with zero attached hydrogens (tertiary/aromatic N) is 3. The number of ether oxygens (including phenoxy) is 2. The summed E-state index contributed by atoms with van der Waals surface area (Å²) in [6.07, 6.45) is 4.01. The Kier molecular flexibility index (Phi) is 8.38. The van der Waals surface area contributed by atoms with Crippen molar-refractivity contribution in [2.45, 2.75) is 33.2 Å². The quantitative estimate of drug-likeness (QED) is 0.324. The molecule has 3 heterocycles. The van der Waals surface area contributed by atoms with E-state index < -0.39 is 17.7 Å². The van der Waals surface area contributed by atoms with Crippen LogP contribution in [0, 0.1) is 12.8 Å². The van der Waals surface area contributed by atoms with Crippen LogP contribution in [0.3, 0.4) is 0 Å². The van der Waals surface area contributed by atoms with Crippen LogP contribution in [-0.2, 0) is 14.3 Å². The van der Waals surface area contributed by atoms with E-state index in [0.717, 1.165) is 25.2 Å². The van der Waals surface area contributed by atoms with Crippen molar-refractivity contribution >= 4 is 17.4 Å². The second-order valence-electron chi connectivity index (χ2n) is 9.77. The van der Waals surface area contributed by atoms with Crippen molar-refractivity contribution in [1.29, 1.82) is 0 Å². The molecule has 0 bridgehead atoms. The molecule has 1 aromatic carbocycles. The Labute approximate surface area is 212 Å². The maximum Gasteiger partial charge on any atom is 0.295 e. The number of aryl methyl sites for hydroxylation is 1. The lowest BCUT2D eigenvalue weighted by Crippen LogP contribution is -2.39. The first kappa shape index (κ1) is 25.9. The van der Waals surface area contributed by atoms with Crippen LogP contribution in [0.5, 0.6) is 5.75 Å². The second-order valence-corrected chi connectivity index (χ2v) is 9.77. The average molecular weight is 494 g/mol. The molecule has 0 radical (unpaired) electrons. The molecule has 0 aliphatic carbocycles. The van der Waals surface area contributed by atoms with Gasteiger partial charge in [-0.3, -0.25) is 19.5 Å². The standard InChI is InChI=1S/C28H35N3O5/c1-19(2)18-36-22-7-8-23(20(3)16-22)26(32)24-25(21-6-4-9-29-17-21)31(28(34)27(24)33)11-5-10-30-12-14-35-15-13-30/h4,6-9,16-17,19,25,32H,5,10-15,18H2,1-3H3/t25-/m0/s1. The van der Waals surface area contributed by atoms with E-state index in [-0.39, 0.29) is 11.3 Å². The van der Waals surface area contributed by atoms with Crippen LogP contribution < -0.4 is 4.74 Å². The van der Waals surface area contributed by atoms with Gasteiger partial charge in [0.15, 0.2) is 0 Å². The SMILES string of the molecule is Cc1cc(OCC(C)C)ccc1C(O)=C1C(=O)C(=O)N(CCCN2CCOCC2)[C@H]1c1cccnc1. The fourth-order valence-corrected chi connectivity index (χ4v) is 4.68. The minimum atomic E-state index is -0.695. The summed E-state index contributed by atoms with van der Waals surface area (Å²) in [4.78, 5) is 34.5. The Hall–Kier alpha value is -3.23. The van der Waals surface area contributed by atoms with Crippen molar-refractivity contribution in [3.8, 4) is 5.75 Å². The summed E-state index contributed by atoms with van der Waals surface area (Å²) in [7, 11) is 0. The Morgan fingerprint density at radius 2 is 1.97 bits per heavy atom. The monoisotopic (exact) mass is 493 g/mol. The zero-order valence-electron chi connectivity index (χ0n) is 21.3. The normalized spacial score (nSPS) is 20.3. The molecule has 8 nitrogen and oxygen atoms in total. The van der Waals surface area contributed by atoms with Gasteiger partial charge in [-0.2, -0.15) is 0 Å². The van der Waals surface area contributed by atoms with E-state index in [4.69, 9.17) is 9.47 Å². The van der Waals surface area contributed by atoms with Crippen molar-refractivity contribution in [3.63, 3.8) is 0 Å². The van der Waals surface area contributed by atoms with Gasteiger partial charge < -0.3 is 19.5 Å². The third-order valence-electron chi connectivity index (χ3n) is 6.55. The number of pyridine rings is 1. The number of likely N-dealkylation sites (tertiary alicyclic amines) is 1. The van der Waals surface area contributed by atoms with Crippen LogP contribution in [0.2, 0.25) is 0 Å². The summed E-state index contributed by atoms with van der Waals surface area (Å²) in [6.45, 7) is 10.9. The highest BCUT2D eigenvalue weighted by Gasteiger charge is 2.46. The number of carbonyl (C=O) groups excluding carboxylic acids is 2. The van der Waals surface area contributed by atoms with E-state index >= 15 is 0 Å². The molecular formula is C28H35N3O5. The number of Topliss-reactive ketones (excluding diaryl/α,β-unsaturated/α-hetero) is 1. The Bertz CT molecular complexity index is 1110. The Morgan fingerprint density at radius 3 is 2.64 bits per heavy atom. The number of aliphatic hydroxyl groups is 1. The molecular weight excluding hydrogens is 458 g/mol. The minimum Gasteiger partial charge on any atom is -0.507 e. The van der Waals surface area contributed by atoms with Gasteiger partial charge in [-0.15, -0.1) is 0 Å². The maximum absolute atomic E-state index is 13.3. The summed E-state index contributed by atoms with van der Waals surface area (Å²) >= 11 is 0. The molecule has 8 heteroatoms. The highest BCUT2D eigenvalue weighted by molar-refractivity contribution is 6.46. The lowest BCUT2D eigenvalue weighted by molar-refractivity contribution is -0.140. The minimum absolute atomic E-state index is 0.0957. The largest absolute Gasteiger partial charge is 0.507 e. The Morgan fingerprint density at radius 1 is 1.19 bits per heavy atom. The first-order valence-corrected chi connectivity index (χ1v) is 12.6. The summed E-state index contributed by atoms with van der Waals surface area (Å²) in [5.41, 5.74) is 2.06. The lowest BCUT2D eigenvalue weighted by atomic mass is 9.94. The van der Waals surface area contributed by atoms with Gasteiger partial charge in [0, 0.05) is 44.1 Å². The number of ketones is 1. The molecule has 1 amide bonds. The van der Waals surface area contributed by atoms with E-state index in [1.807, 2.05) is 19.1 Å². The number of amides is 1. The predicted octanol–water partition coefficient (Wildman–Crippen LogP) is 3.57. The third kappa shape index (κ3) is 5.77. The number of hydrogen-bond acceptors (Lipinski definition) is 7. The molecule has 36 heavy (non-hydrogen) atoms. The number of aliphatic hydroxyl groups excluding tert-OH is 1. The molecule has 0 spiro atoms. The fraction of sp³-hybridized carbons (Fsp3) is 0.464. The van der Waals surface area contributed by atoms with E-state index in [1.165, 1.54) is 0 Å². The summed E-state index contributed by atoms with van der Waals surface area (Å²) in [6, 6.07) is 8.28. The molecule has 1 aromatic heterocycles. The fourth-order valence-electron chi connectivity index (χ4n) is 4.68. The smallest absolute Gasteiger partial charge is 0.295 e. The van der Waals surface area contributed by atoms with E-state index in [2.05, 4.69) is 23.7 Å². The van der Waals surface area contributed by atoms with Gasteiger partial charge in [-0.1, -0.05) is 19.9 Å². The van der Waals surface area contributed by atoms with E-state index in [1.54, 1.807) is 35.5 Å². The third-order valence-corrected chi connectivity index (χ3v) is 6.55. The zero-order chi connectivity index (χ0) is 25.7. The van der Waals surface area contributed by atoms with Gasteiger partial charge in [0.1, 0.15) is 11.5 Å². The highest BCUT2D eigenvalue weighted by Crippen LogP contribution is 2.40. The first-order chi connectivity index (χ1) is 17.4. The number of rotatable bonds is 9. The molecule has 2 saturated heterocycles. The van der Waals surface area contributed by atoms with Gasteiger partial charge in [0.2, 0.25) is 0 Å². The summed E-state index contributed by atoms with van der Waals surface area (Å²) in [5.74, 6) is -0.359. The van der Waals surface area contributed by atoms with Crippen LogP contribution in [0.25, 0.3) is 5.76 Å². The van der Waals surface area contributed by atoms with Gasteiger partial charge in [-0.25, -0.2) is 0 Å². The lowest BCUT2D eigenvalue weighted by Gasteiger charge is -2.29. The molecule has 0 saturated carbocycles. The maximum atomic E-state index is 13.3. The van der Waals surface area contributed by atoms with Crippen molar-refractivity contribution in [1.82, 2.24) is 14.8 Å². The van der Waals surface area contributed by atoms with Gasteiger partial charge in [-0.05, 0) is 54.7 Å².